The fourth-order valence-electron chi connectivity index (χ4n) is 1.16. The third-order valence-electron chi connectivity index (χ3n) is 1.84. The van der Waals surface area contributed by atoms with Crippen LogP contribution in [0.2, 0.25) is 0 Å². The summed E-state index contributed by atoms with van der Waals surface area (Å²) in [4.78, 5) is 21.8. The molecule has 0 aromatic heterocycles. The quantitative estimate of drug-likeness (QED) is 0.559. The van der Waals surface area contributed by atoms with E-state index in [-0.39, 0.29) is 12.8 Å². The number of halogens is 3. The molecule has 1 atom stereocenters. The molecule has 100 valence electrons. The standard InChI is InChI=1S/C11H17F3O3/c1-10(2,3)17-9(16)6-8(7-15)4-5-11(12,13)14/h7-8H,4-6H2,1-3H3. The van der Waals surface area contributed by atoms with Crippen molar-refractivity contribution in [3.05, 3.63) is 0 Å². The summed E-state index contributed by atoms with van der Waals surface area (Å²) < 4.78 is 40.7. The molecule has 0 aliphatic rings. The van der Waals surface area contributed by atoms with Gasteiger partial charge >= 0.3 is 12.1 Å². The minimum Gasteiger partial charge on any atom is -0.460 e. The number of hydrogen-bond donors (Lipinski definition) is 0. The molecule has 0 aliphatic heterocycles. The van der Waals surface area contributed by atoms with Gasteiger partial charge < -0.3 is 9.53 Å². The van der Waals surface area contributed by atoms with Gasteiger partial charge in [-0.25, -0.2) is 0 Å². The van der Waals surface area contributed by atoms with E-state index in [4.69, 9.17) is 4.74 Å². The van der Waals surface area contributed by atoms with Crippen LogP contribution in [0.15, 0.2) is 0 Å². The van der Waals surface area contributed by atoms with Crippen molar-refractivity contribution in [1.82, 2.24) is 0 Å². The van der Waals surface area contributed by atoms with Crippen LogP contribution < -0.4 is 0 Å². The average Bonchev–Trinajstić information content (AvgIpc) is 2.07. The summed E-state index contributed by atoms with van der Waals surface area (Å²) in [6, 6.07) is 0. The van der Waals surface area contributed by atoms with E-state index in [1.54, 1.807) is 20.8 Å². The number of carbonyl (C=O) groups is 2. The zero-order chi connectivity index (χ0) is 13.7. The highest BCUT2D eigenvalue weighted by Crippen LogP contribution is 2.25. The monoisotopic (exact) mass is 254 g/mol. The van der Waals surface area contributed by atoms with Crippen molar-refractivity contribution in [2.24, 2.45) is 5.92 Å². The maximum atomic E-state index is 11.9. The third-order valence-corrected chi connectivity index (χ3v) is 1.84. The van der Waals surface area contributed by atoms with Gasteiger partial charge in [-0.1, -0.05) is 0 Å². The number of rotatable bonds is 5. The molecule has 0 spiro atoms. The van der Waals surface area contributed by atoms with Crippen LogP contribution in [0, 0.1) is 5.92 Å². The number of esters is 1. The summed E-state index contributed by atoms with van der Waals surface area (Å²) >= 11 is 0. The summed E-state index contributed by atoms with van der Waals surface area (Å²) in [5.41, 5.74) is -0.700. The third kappa shape index (κ3) is 9.84. The van der Waals surface area contributed by atoms with Crippen LogP contribution in [0.5, 0.6) is 0 Å². The first-order valence-corrected chi connectivity index (χ1v) is 5.27. The number of ether oxygens (including phenoxy) is 1. The van der Waals surface area contributed by atoms with Gasteiger partial charge in [0.15, 0.2) is 0 Å². The molecule has 0 amide bonds. The first kappa shape index (κ1) is 15.9. The Balaban J connectivity index is 4.14. The van der Waals surface area contributed by atoms with Crippen LogP contribution >= 0.6 is 0 Å². The Kier molecular flexibility index (Phi) is 5.64. The first-order chi connectivity index (χ1) is 7.53. The van der Waals surface area contributed by atoms with E-state index in [2.05, 4.69) is 0 Å². The van der Waals surface area contributed by atoms with E-state index < -0.39 is 30.1 Å². The van der Waals surface area contributed by atoms with E-state index in [0.29, 0.717) is 6.29 Å². The van der Waals surface area contributed by atoms with Gasteiger partial charge in [-0.3, -0.25) is 4.79 Å². The smallest absolute Gasteiger partial charge is 0.389 e. The second-order valence-electron chi connectivity index (χ2n) is 4.84. The number of carbonyl (C=O) groups excluding carboxylic acids is 2. The van der Waals surface area contributed by atoms with Crippen molar-refractivity contribution in [3.8, 4) is 0 Å². The zero-order valence-corrected chi connectivity index (χ0v) is 10.1. The van der Waals surface area contributed by atoms with Crippen molar-refractivity contribution in [3.63, 3.8) is 0 Å². The second-order valence-corrected chi connectivity index (χ2v) is 4.84. The molecule has 17 heavy (non-hydrogen) atoms. The summed E-state index contributed by atoms with van der Waals surface area (Å²) in [5, 5.41) is 0. The molecule has 0 fully saturated rings. The molecule has 0 aliphatic carbocycles. The lowest BCUT2D eigenvalue weighted by Crippen LogP contribution is -2.26. The van der Waals surface area contributed by atoms with E-state index in [9.17, 15) is 22.8 Å². The molecule has 0 N–H and O–H groups in total. The van der Waals surface area contributed by atoms with Crippen molar-refractivity contribution < 1.29 is 27.5 Å². The summed E-state index contributed by atoms with van der Waals surface area (Å²) in [5.74, 6) is -1.59. The second kappa shape index (κ2) is 6.02. The van der Waals surface area contributed by atoms with Crippen LogP contribution in [0.25, 0.3) is 0 Å². The van der Waals surface area contributed by atoms with Gasteiger partial charge in [-0.15, -0.1) is 0 Å². The minimum atomic E-state index is -4.31. The molecule has 0 radical (unpaired) electrons. The molecule has 0 aromatic rings. The molecule has 0 saturated carbocycles. The number of aldehydes is 1. The van der Waals surface area contributed by atoms with Gasteiger partial charge in [-0.05, 0) is 27.2 Å². The highest BCUT2D eigenvalue weighted by Gasteiger charge is 2.29. The van der Waals surface area contributed by atoms with Gasteiger partial charge in [0.2, 0.25) is 0 Å². The normalized spacial score (nSPS) is 14.2. The highest BCUT2D eigenvalue weighted by atomic mass is 19.4. The SMILES string of the molecule is CC(C)(C)OC(=O)CC(C=O)CCC(F)(F)F. The minimum absolute atomic E-state index is 0.309. The van der Waals surface area contributed by atoms with Gasteiger partial charge in [0, 0.05) is 12.3 Å². The van der Waals surface area contributed by atoms with E-state index in [0.717, 1.165) is 0 Å². The topological polar surface area (TPSA) is 43.4 Å². The Labute approximate surface area is 98.3 Å². The maximum Gasteiger partial charge on any atom is 0.389 e. The fraction of sp³-hybridized carbons (Fsp3) is 0.818. The average molecular weight is 254 g/mol. The van der Waals surface area contributed by atoms with Crippen LogP contribution in [0.4, 0.5) is 13.2 Å². The van der Waals surface area contributed by atoms with Crippen LogP contribution in [-0.2, 0) is 14.3 Å². The molecule has 1 unspecified atom stereocenters. The summed E-state index contributed by atoms with van der Waals surface area (Å²) in [6.07, 6.45) is -5.70. The van der Waals surface area contributed by atoms with Crippen LogP contribution in [-0.4, -0.2) is 24.0 Å². The van der Waals surface area contributed by atoms with Gasteiger partial charge in [0.25, 0.3) is 0 Å². The van der Waals surface area contributed by atoms with E-state index in [1.807, 2.05) is 0 Å². The predicted octanol–water partition coefficient (Wildman–Crippen LogP) is 2.88. The molecular weight excluding hydrogens is 237 g/mol. The van der Waals surface area contributed by atoms with Gasteiger partial charge in [-0.2, -0.15) is 13.2 Å². The first-order valence-electron chi connectivity index (χ1n) is 5.27. The molecular formula is C11H17F3O3. The largest absolute Gasteiger partial charge is 0.460 e. The van der Waals surface area contributed by atoms with Crippen molar-refractivity contribution in [2.45, 2.75) is 51.8 Å². The highest BCUT2D eigenvalue weighted by molar-refractivity contribution is 5.74. The molecule has 0 aromatic carbocycles. The maximum absolute atomic E-state index is 11.9. The Morgan fingerprint density at radius 3 is 2.18 bits per heavy atom. The molecule has 0 bridgehead atoms. The van der Waals surface area contributed by atoms with Crippen LogP contribution in [0.3, 0.4) is 0 Å². The number of hydrogen-bond acceptors (Lipinski definition) is 3. The zero-order valence-electron chi connectivity index (χ0n) is 10.1. The Morgan fingerprint density at radius 1 is 1.29 bits per heavy atom. The van der Waals surface area contributed by atoms with Crippen molar-refractivity contribution in [2.75, 3.05) is 0 Å². The molecule has 6 heteroatoms. The summed E-state index contributed by atoms with van der Waals surface area (Å²) in [6.45, 7) is 4.95. The lowest BCUT2D eigenvalue weighted by Gasteiger charge is -2.20. The molecule has 0 heterocycles. The molecule has 0 rings (SSSR count). The Bertz CT molecular complexity index is 266. The molecule has 0 saturated heterocycles. The van der Waals surface area contributed by atoms with E-state index in [1.165, 1.54) is 0 Å². The van der Waals surface area contributed by atoms with Gasteiger partial charge in [0.1, 0.15) is 11.9 Å². The number of alkyl halides is 3. The van der Waals surface area contributed by atoms with Crippen molar-refractivity contribution >= 4 is 12.3 Å². The fourth-order valence-corrected chi connectivity index (χ4v) is 1.16. The Morgan fingerprint density at radius 2 is 1.82 bits per heavy atom. The van der Waals surface area contributed by atoms with E-state index >= 15 is 0 Å². The summed E-state index contributed by atoms with van der Waals surface area (Å²) in [7, 11) is 0. The lowest BCUT2D eigenvalue weighted by atomic mass is 10.0. The van der Waals surface area contributed by atoms with Crippen molar-refractivity contribution in [1.29, 1.82) is 0 Å². The lowest BCUT2D eigenvalue weighted by molar-refractivity contribution is -0.158. The van der Waals surface area contributed by atoms with Crippen LogP contribution in [0.1, 0.15) is 40.0 Å². The Hall–Kier alpha value is -1.07. The predicted molar refractivity (Wildman–Crippen MR) is 55.3 cm³/mol. The van der Waals surface area contributed by atoms with Gasteiger partial charge in [0.05, 0.1) is 6.42 Å². The molecule has 3 nitrogen and oxygen atoms in total.